The summed E-state index contributed by atoms with van der Waals surface area (Å²) in [6.07, 6.45) is 8.14. The van der Waals surface area contributed by atoms with E-state index < -0.39 is 0 Å². The van der Waals surface area contributed by atoms with Crippen LogP contribution >= 0.6 is 11.3 Å². The first-order valence-corrected chi connectivity index (χ1v) is 13.1. The molecule has 9 heteroatoms. The molecule has 0 unspecified atom stereocenters. The van der Waals surface area contributed by atoms with Gasteiger partial charge in [-0.3, -0.25) is 9.78 Å². The molecule has 6 aromatic rings. The molecule has 188 valence electrons. The number of ether oxygens (including phenoxy) is 1. The van der Waals surface area contributed by atoms with Crippen LogP contribution in [0.3, 0.4) is 0 Å². The predicted octanol–water partition coefficient (Wildman–Crippen LogP) is 4.71. The molecule has 0 atom stereocenters. The maximum atomic E-state index is 13.3. The van der Waals surface area contributed by atoms with E-state index in [4.69, 9.17) is 9.84 Å². The average Bonchev–Trinajstić information content (AvgIpc) is 3.64. The Hall–Kier alpha value is -4.63. The largest absolute Gasteiger partial charge is 0.494 e. The summed E-state index contributed by atoms with van der Waals surface area (Å²) < 4.78 is 9.54. The first kappa shape index (κ1) is 23.7. The number of rotatable bonds is 7. The molecule has 0 radical (unpaired) electrons. The third-order valence-corrected chi connectivity index (χ3v) is 7.04. The van der Waals surface area contributed by atoms with E-state index in [-0.39, 0.29) is 5.56 Å². The highest BCUT2D eigenvalue weighted by atomic mass is 32.1. The van der Waals surface area contributed by atoms with Crippen LogP contribution in [0.25, 0.3) is 39.4 Å². The number of fused-ring (bicyclic) bond motifs is 1. The van der Waals surface area contributed by atoms with E-state index in [0.717, 1.165) is 45.8 Å². The SMILES string of the molecule is CCCOc1ccc(-c2nn(-c3ccccc3)cc2/C=c2\sc3nc(-c4cccnc4)nn3c2=O)c(C)c1. The summed E-state index contributed by atoms with van der Waals surface area (Å²) in [5.41, 5.74) is 5.10. The summed E-state index contributed by atoms with van der Waals surface area (Å²) in [6.45, 7) is 4.80. The van der Waals surface area contributed by atoms with Gasteiger partial charge < -0.3 is 4.74 Å². The Bertz CT molecular complexity index is 1840. The fraction of sp³-hybridized carbons (Fsp3) is 0.138. The minimum absolute atomic E-state index is 0.217. The number of aromatic nitrogens is 6. The van der Waals surface area contributed by atoms with E-state index in [1.54, 1.807) is 12.4 Å². The van der Waals surface area contributed by atoms with Crippen LogP contribution in [0.5, 0.6) is 5.75 Å². The van der Waals surface area contributed by atoms with Gasteiger partial charge in [-0.15, -0.1) is 5.10 Å². The number of para-hydroxylation sites is 1. The van der Waals surface area contributed by atoms with Gasteiger partial charge in [-0.2, -0.15) is 14.6 Å². The van der Waals surface area contributed by atoms with Crippen molar-refractivity contribution in [3.63, 3.8) is 0 Å². The van der Waals surface area contributed by atoms with E-state index in [0.29, 0.717) is 21.9 Å². The molecular weight excluding hydrogens is 496 g/mol. The van der Waals surface area contributed by atoms with E-state index >= 15 is 0 Å². The van der Waals surface area contributed by atoms with Crippen molar-refractivity contribution in [2.24, 2.45) is 0 Å². The molecule has 0 aliphatic carbocycles. The highest BCUT2D eigenvalue weighted by Gasteiger charge is 2.16. The smallest absolute Gasteiger partial charge is 0.291 e. The number of thiazole rings is 1. The van der Waals surface area contributed by atoms with Crippen LogP contribution in [0.4, 0.5) is 0 Å². The Labute approximate surface area is 222 Å². The molecule has 4 aromatic heterocycles. The molecule has 0 bridgehead atoms. The van der Waals surface area contributed by atoms with Gasteiger partial charge in [-0.25, -0.2) is 4.68 Å². The molecule has 0 aliphatic rings. The van der Waals surface area contributed by atoms with Crippen LogP contribution in [0.1, 0.15) is 24.5 Å². The van der Waals surface area contributed by atoms with Crippen molar-refractivity contribution in [3.8, 4) is 34.1 Å². The monoisotopic (exact) mass is 520 g/mol. The second-order valence-corrected chi connectivity index (χ2v) is 9.83. The van der Waals surface area contributed by atoms with E-state index in [1.807, 2.05) is 84.5 Å². The van der Waals surface area contributed by atoms with Crippen molar-refractivity contribution in [2.45, 2.75) is 20.3 Å². The zero-order chi connectivity index (χ0) is 26.1. The predicted molar refractivity (Wildman–Crippen MR) is 149 cm³/mol. The van der Waals surface area contributed by atoms with Gasteiger partial charge in [-0.05, 0) is 67.4 Å². The minimum atomic E-state index is -0.217. The summed E-state index contributed by atoms with van der Waals surface area (Å²) in [5, 5.41) is 9.36. The Morgan fingerprint density at radius 3 is 2.66 bits per heavy atom. The number of hydrogen-bond donors (Lipinski definition) is 0. The summed E-state index contributed by atoms with van der Waals surface area (Å²) in [5.74, 6) is 1.31. The molecule has 0 fully saturated rings. The van der Waals surface area contributed by atoms with Crippen molar-refractivity contribution < 1.29 is 4.74 Å². The molecule has 4 heterocycles. The molecule has 0 aliphatic heterocycles. The molecule has 0 saturated carbocycles. The molecule has 0 saturated heterocycles. The number of nitrogens with zero attached hydrogens (tertiary/aromatic N) is 6. The topological polar surface area (TPSA) is 87.2 Å². The Morgan fingerprint density at radius 2 is 1.92 bits per heavy atom. The van der Waals surface area contributed by atoms with Crippen molar-refractivity contribution in [3.05, 3.63) is 105 Å². The second kappa shape index (κ2) is 10.0. The molecular formula is C29H24N6O2S. The highest BCUT2D eigenvalue weighted by Crippen LogP contribution is 2.30. The van der Waals surface area contributed by atoms with Crippen molar-refractivity contribution in [2.75, 3.05) is 6.61 Å². The minimum Gasteiger partial charge on any atom is -0.494 e. The zero-order valence-corrected chi connectivity index (χ0v) is 21.7. The lowest BCUT2D eigenvalue weighted by Crippen LogP contribution is -2.23. The number of benzene rings is 2. The van der Waals surface area contributed by atoms with Gasteiger partial charge in [0.25, 0.3) is 5.56 Å². The summed E-state index contributed by atoms with van der Waals surface area (Å²) >= 11 is 1.30. The quantitative estimate of drug-likeness (QED) is 0.303. The van der Waals surface area contributed by atoms with Gasteiger partial charge in [0.1, 0.15) is 11.4 Å². The molecule has 0 amide bonds. The van der Waals surface area contributed by atoms with Gasteiger partial charge in [0.15, 0.2) is 5.82 Å². The summed E-state index contributed by atoms with van der Waals surface area (Å²) in [6, 6.07) is 19.6. The van der Waals surface area contributed by atoms with Crippen molar-refractivity contribution >= 4 is 22.4 Å². The third kappa shape index (κ3) is 4.48. The summed E-state index contributed by atoms with van der Waals surface area (Å²) in [7, 11) is 0. The molecule has 6 rings (SSSR count). The molecule has 38 heavy (non-hydrogen) atoms. The zero-order valence-electron chi connectivity index (χ0n) is 20.9. The van der Waals surface area contributed by atoms with Gasteiger partial charge >= 0.3 is 0 Å². The van der Waals surface area contributed by atoms with Gasteiger partial charge in [0, 0.05) is 35.3 Å². The lowest BCUT2D eigenvalue weighted by atomic mass is 10.0. The lowest BCUT2D eigenvalue weighted by molar-refractivity contribution is 0.317. The summed E-state index contributed by atoms with van der Waals surface area (Å²) in [4.78, 5) is 22.5. The molecule has 8 nitrogen and oxygen atoms in total. The maximum Gasteiger partial charge on any atom is 0.291 e. The van der Waals surface area contributed by atoms with Gasteiger partial charge in [0.05, 0.1) is 16.8 Å². The van der Waals surface area contributed by atoms with Crippen molar-refractivity contribution in [1.29, 1.82) is 0 Å². The first-order chi connectivity index (χ1) is 18.6. The molecule has 2 aromatic carbocycles. The number of aryl methyl sites for hydroxylation is 1. The fourth-order valence-electron chi connectivity index (χ4n) is 4.22. The maximum absolute atomic E-state index is 13.3. The Kier molecular flexibility index (Phi) is 6.27. The van der Waals surface area contributed by atoms with Crippen molar-refractivity contribution in [1.82, 2.24) is 29.4 Å². The van der Waals surface area contributed by atoms with Gasteiger partial charge in [0.2, 0.25) is 4.96 Å². The third-order valence-electron chi connectivity index (χ3n) is 6.08. The Morgan fingerprint density at radius 1 is 1.05 bits per heavy atom. The van der Waals surface area contributed by atoms with Crippen LogP contribution in [0, 0.1) is 6.92 Å². The second-order valence-electron chi connectivity index (χ2n) is 8.83. The highest BCUT2D eigenvalue weighted by molar-refractivity contribution is 7.15. The number of hydrogen-bond acceptors (Lipinski definition) is 7. The Balaban J connectivity index is 1.47. The molecule has 0 spiro atoms. The van der Waals surface area contributed by atoms with Crippen LogP contribution in [-0.2, 0) is 0 Å². The molecule has 0 N–H and O–H groups in total. The average molecular weight is 521 g/mol. The van der Waals surface area contributed by atoms with E-state index in [9.17, 15) is 4.79 Å². The fourth-order valence-corrected chi connectivity index (χ4v) is 5.12. The normalized spacial score (nSPS) is 11.9. The van der Waals surface area contributed by atoms with Crippen LogP contribution < -0.4 is 14.8 Å². The number of pyridine rings is 1. The van der Waals surface area contributed by atoms with Crippen LogP contribution in [0.15, 0.2) is 84.0 Å². The van der Waals surface area contributed by atoms with E-state index in [2.05, 4.69) is 22.0 Å². The van der Waals surface area contributed by atoms with Crippen LogP contribution in [0.2, 0.25) is 0 Å². The van der Waals surface area contributed by atoms with Gasteiger partial charge in [-0.1, -0.05) is 36.5 Å². The first-order valence-electron chi connectivity index (χ1n) is 12.3. The van der Waals surface area contributed by atoms with Crippen LogP contribution in [-0.4, -0.2) is 36.0 Å². The standard InChI is InChI=1S/C29H24N6O2S/c1-3-14-37-23-11-12-24(19(2)15-23)26-21(18-34(32-26)22-9-5-4-6-10-22)16-25-28(36)35-29(38-25)31-27(33-35)20-8-7-13-30-17-20/h4-13,15-18H,3,14H2,1-2H3/b25-16-. The van der Waals surface area contributed by atoms with E-state index in [1.165, 1.54) is 15.9 Å². The lowest BCUT2D eigenvalue weighted by Gasteiger charge is -2.09.